The maximum absolute atomic E-state index is 14.4. The number of carbonyl (C=O) groups is 1. The second-order valence-corrected chi connectivity index (χ2v) is 9.16. The van der Waals surface area contributed by atoms with Crippen molar-refractivity contribution in [3.8, 4) is 22.8 Å². The van der Waals surface area contributed by atoms with Crippen molar-refractivity contribution in [2.45, 2.75) is 31.0 Å². The summed E-state index contributed by atoms with van der Waals surface area (Å²) in [7, 11) is 1.36. The number of carbonyl (C=O) groups excluding carboxylic acids is 1. The fourth-order valence-corrected chi connectivity index (χ4v) is 5.02. The molecule has 9 nitrogen and oxygen atoms in total. The van der Waals surface area contributed by atoms with Crippen molar-refractivity contribution in [1.82, 2.24) is 15.3 Å². The lowest BCUT2D eigenvalue weighted by Crippen LogP contribution is -2.41. The van der Waals surface area contributed by atoms with Gasteiger partial charge in [0.1, 0.15) is 18.8 Å². The molecule has 0 saturated carbocycles. The normalized spacial score (nSPS) is 21.8. The van der Waals surface area contributed by atoms with E-state index in [1.807, 2.05) is 0 Å². The number of nitrogens with one attached hydrogen (secondary N) is 4. The number of hydrogen-bond acceptors (Lipinski definition) is 7. The van der Waals surface area contributed by atoms with E-state index in [1.54, 1.807) is 18.3 Å². The highest BCUT2D eigenvalue weighted by molar-refractivity contribution is 6.07. The van der Waals surface area contributed by atoms with E-state index in [0.717, 1.165) is 0 Å². The molecule has 0 bridgehead atoms. The van der Waals surface area contributed by atoms with Gasteiger partial charge in [0.2, 0.25) is 0 Å². The van der Waals surface area contributed by atoms with Crippen LogP contribution in [-0.4, -0.2) is 60.8 Å². The number of aromatic amines is 1. The number of hydrogen-bond donors (Lipinski definition) is 4. The minimum Gasteiger partial charge on any atom is -0.492 e. The quantitative estimate of drug-likeness (QED) is 0.409. The molecule has 194 valence electrons. The van der Waals surface area contributed by atoms with Crippen molar-refractivity contribution in [2.24, 2.45) is 0 Å². The number of alkyl halides is 2. The van der Waals surface area contributed by atoms with Gasteiger partial charge in [-0.15, -0.1) is 0 Å². The van der Waals surface area contributed by atoms with Crippen LogP contribution in [0.2, 0.25) is 0 Å². The lowest BCUT2D eigenvalue weighted by molar-refractivity contribution is -0.0178. The van der Waals surface area contributed by atoms with E-state index in [1.165, 1.54) is 19.2 Å². The van der Waals surface area contributed by atoms with Crippen LogP contribution in [0.25, 0.3) is 11.3 Å². The maximum Gasteiger partial charge on any atom is 0.273 e. The first kappa shape index (κ1) is 23.5. The summed E-state index contributed by atoms with van der Waals surface area (Å²) < 4.78 is 58.8. The second kappa shape index (κ2) is 8.87. The molecule has 0 unspecified atom stereocenters. The Morgan fingerprint density at radius 3 is 2.86 bits per heavy atom. The third-order valence-electron chi connectivity index (χ3n) is 6.73. The monoisotopic (exact) mass is 515 g/mol. The molecular formula is C25H24F3N5O4. The number of para-hydroxylation sites is 1. The molecule has 12 heteroatoms. The van der Waals surface area contributed by atoms with E-state index in [-0.39, 0.29) is 18.2 Å². The standard InChI is InChI=1S/C25H24F3N5O4/c1-35-22-13(26)3-2-4-15(22)33-20-18-14(6-8-30-24(18)34)32-19(20)12-5-7-29-23-21(12)37-17(10-31-23)16-9-25(27,28)11-36-16/h2-5,7,16-17,32-33H,6,8-11H2,1H3,(H,29,31)(H,30,34)/t16-,17-/m1/s1. The summed E-state index contributed by atoms with van der Waals surface area (Å²) in [5.41, 5.74) is 2.86. The van der Waals surface area contributed by atoms with Gasteiger partial charge in [-0.2, -0.15) is 0 Å². The smallest absolute Gasteiger partial charge is 0.273 e. The summed E-state index contributed by atoms with van der Waals surface area (Å²) in [5, 5.41) is 9.16. The number of H-pyrrole nitrogens is 1. The lowest BCUT2D eigenvalue weighted by atomic mass is 10.0. The van der Waals surface area contributed by atoms with E-state index in [4.69, 9.17) is 14.2 Å². The van der Waals surface area contributed by atoms with Crippen molar-refractivity contribution in [3.63, 3.8) is 0 Å². The zero-order valence-corrected chi connectivity index (χ0v) is 19.8. The van der Waals surface area contributed by atoms with E-state index < -0.39 is 37.0 Å². The molecule has 3 aromatic rings. The second-order valence-electron chi connectivity index (χ2n) is 9.16. The van der Waals surface area contributed by atoms with Crippen molar-refractivity contribution < 1.29 is 32.2 Å². The Bertz CT molecular complexity index is 1380. The molecule has 1 fully saturated rings. The van der Waals surface area contributed by atoms with Gasteiger partial charge in [0.25, 0.3) is 11.8 Å². The number of nitrogens with zero attached hydrogens (tertiary/aromatic N) is 1. The molecule has 1 amide bonds. The highest BCUT2D eigenvalue weighted by Crippen LogP contribution is 2.45. The molecule has 3 aliphatic rings. The first-order valence-corrected chi connectivity index (χ1v) is 11.9. The van der Waals surface area contributed by atoms with Crippen LogP contribution in [0.15, 0.2) is 30.5 Å². The Balaban J connectivity index is 1.44. The predicted molar refractivity (Wildman–Crippen MR) is 129 cm³/mol. The molecular weight excluding hydrogens is 491 g/mol. The molecule has 4 N–H and O–H groups in total. The Labute approximate surface area is 209 Å². The predicted octanol–water partition coefficient (Wildman–Crippen LogP) is 3.85. The number of benzene rings is 1. The minimum absolute atomic E-state index is 0.00586. The Morgan fingerprint density at radius 2 is 2.08 bits per heavy atom. The maximum atomic E-state index is 14.4. The minimum atomic E-state index is -2.90. The van der Waals surface area contributed by atoms with E-state index >= 15 is 0 Å². The van der Waals surface area contributed by atoms with E-state index in [9.17, 15) is 18.0 Å². The van der Waals surface area contributed by atoms with Crippen LogP contribution in [0.4, 0.5) is 30.4 Å². The molecule has 37 heavy (non-hydrogen) atoms. The number of fused-ring (bicyclic) bond motifs is 2. The molecule has 5 heterocycles. The molecule has 0 spiro atoms. The fraction of sp³-hybridized carbons (Fsp3) is 0.360. The number of methoxy groups -OCH3 is 1. The molecule has 6 rings (SSSR count). The molecule has 0 aliphatic carbocycles. The van der Waals surface area contributed by atoms with Gasteiger partial charge >= 0.3 is 0 Å². The van der Waals surface area contributed by atoms with Crippen LogP contribution < -0.4 is 25.4 Å². The number of pyridine rings is 1. The van der Waals surface area contributed by atoms with Gasteiger partial charge in [-0.3, -0.25) is 4.79 Å². The average Bonchev–Trinajstić information content (AvgIpc) is 3.44. The number of ether oxygens (including phenoxy) is 3. The summed E-state index contributed by atoms with van der Waals surface area (Å²) in [6, 6.07) is 6.15. The van der Waals surface area contributed by atoms with Gasteiger partial charge in [-0.25, -0.2) is 18.2 Å². The SMILES string of the molecule is COc1c(F)cccc1Nc1c(-c2ccnc3c2O[C@@H]([C@H]2CC(F)(F)CO2)CN3)[nH]c2c1C(=O)NCC2. The van der Waals surface area contributed by atoms with Crippen molar-refractivity contribution >= 4 is 23.1 Å². The van der Waals surface area contributed by atoms with Crippen molar-refractivity contribution in [1.29, 1.82) is 0 Å². The van der Waals surface area contributed by atoms with Gasteiger partial charge in [0, 0.05) is 36.8 Å². The number of rotatable bonds is 5. The number of anilines is 3. The summed E-state index contributed by atoms with van der Waals surface area (Å²) >= 11 is 0. The molecule has 2 aromatic heterocycles. The molecule has 3 aliphatic heterocycles. The number of amides is 1. The van der Waals surface area contributed by atoms with Crippen LogP contribution >= 0.6 is 0 Å². The highest BCUT2D eigenvalue weighted by atomic mass is 19.3. The molecule has 1 aromatic carbocycles. The van der Waals surface area contributed by atoms with Crippen LogP contribution in [0.3, 0.4) is 0 Å². The average molecular weight is 515 g/mol. The summed E-state index contributed by atoms with van der Waals surface area (Å²) in [6.07, 6.45) is 0.234. The highest BCUT2D eigenvalue weighted by Gasteiger charge is 2.46. The Hall–Kier alpha value is -3.93. The van der Waals surface area contributed by atoms with Gasteiger partial charge in [-0.1, -0.05) is 6.07 Å². The summed E-state index contributed by atoms with van der Waals surface area (Å²) in [6.45, 7) is 0.0576. The van der Waals surface area contributed by atoms with E-state index in [0.29, 0.717) is 58.4 Å². The Morgan fingerprint density at radius 1 is 1.22 bits per heavy atom. The Kier molecular flexibility index (Phi) is 5.63. The lowest BCUT2D eigenvalue weighted by Gasteiger charge is -2.31. The summed E-state index contributed by atoms with van der Waals surface area (Å²) in [5.74, 6) is -2.99. The van der Waals surface area contributed by atoms with Crippen LogP contribution in [0.1, 0.15) is 22.5 Å². The van der Waals surface area contributed by atoms with Gasteiger partial charge in [-0.05, 0) is 18.2 Å². The first-order chi connectivity index (χ1) is 17.8. The number of halogens is 3. The van der Waals surface area contributed by atoms with Crippen LogP contribution in [0, 0.1) is 5.82 Å². The van der Waals surface area contributed by atoms with Gasteiger partial charge in [0.15, 0.2) is 23.1 Å². The molecule has 2 atom stereocenters. The van der Waals surface area contributed by atoms with Crippen molar-refractivity contribution in [2.75, 3.05) is 37.4 Å². The summed E-state index contributed by atoms with van der Waals surface area (Å²) in [4.78, 5) is 20.6. The van der Waals surface area contributed by atoms with Crippen LogP contribution in [-0.2, 0) is 11.2 Å². The number of aromatic nitrogens is 2. The largest absolute Gasteiger partial charge is 0.492 e. The third-order valence-corrected chi connectivity index (χ3v) is 6.73. The van der Waals surface area contributed by atoms with Gasteiger partial charge < -0.3 is 35.1 Å². The molecule has 1 saturated heterocycles. The van der Waals surface area contributed by atoms with Crippen LogP contribution in [0.5, 0.6) is 11.5 Å². The fourth-order valence-electron chi connectivity index (χ4n) is 5.02. The van der Waals surface area contributed by atoms with Gasteiger partial charge in [0.05, 0.1) is 36.3 Å². The third kappa shape index (κ3) is 4.10. The first-order valence-electron chi connectivity index (χ1n) is 11.9. The van der Waals surface area contributed by atoms with E-state index in [2.05, 4.69) is 25.9 Å². The zero-order chi connectivity index (χ0) is 25.7. The van der Waals surface area contributed by atoms with Crippen molar-refractivity contribution in [3.05, 3.63) is 47.5 Å². The molecule has 0 radical (unpaired) electrons. The topological polar surface area (TPSA) is 110 Å². The zero-order valence-electron chi connectivity index (χ0n) is 19.8.